The Bertz CT molecular complexity index is 1370. The number of aromatic nitrogens is 5. The van der Waals surface area contributed by atoms with Crippen LogP contribution in [0.5, 0.6) is 5.75 Å². The Morgan fingerprint density at radius 2 is 2.15 bits per heavy atom. The Morgan fingerprint density at radius 1 is 1.29 bits per heavy atom. The summed E-state index contributed by atoms with van der Waals surface area (Å²) in [5.74, 6) is -1.99. The van der Waals surface area contributed by atoms with Gasteiger partial charge in [-0.25, -0.2) is 14.2 Å². The van der Waals surface area contributed by atoms with Gasteiger partial charge in [-0.1, -0.05) is 11.3 Å². The molecule has 4 heterocycles. The minimum Gasteiger partial charge on any atom is -0.483 e. The molecule has 0 radical (unpaired) electrons. The number of hydrogen-bond acceptors (Lipinski definition) is 12. The van der Waals surface area contributed by atoms with E-state index in [1.807, 2.05) is 0 Å². The first-order chi connectivity index (χ1) is 16.5. The summed E-state index contributed by atoms with van der Waals surface area (Å²) in [7, 11) is 1.46. The molecule has 0 saturated carbocycles. The van der Waals surface area contributed by atoms with Gasteiger partial charge in [-0.2, -0.15) is 9.78 Å². The number of ether oxygens (including phenoxy) is 2. The second-order valence-corrected chi connectivity index (χ2v) is 7.41. The molecule has 0 bridgehead atoms. The van der Waals surface area contributed by atoms with Crippen LogP contribution < -0.4 is 26.7 Å². The number of hydrogen-bond donors (Lipinski definition) is 3. The molecule has 0 spiro atoms. The molecule has 0 aromatic carbocycles. The highest BCUT2D eigenvalue weighted by Gasteiger charge is 2.21. The van der Waals surface area contributed by atoms with E-state index in [0.717, 1.165) is 11.3 Å². The highest BCUT2D eigenvalue weighted by atomic mass is 32.1. The third-order valence-corrected chi connectivity index (χ3v) is 4.98. The van der Waals surface area contributed by atoms with E-state index in [1.165, 1.54) is 42.4 Å². The minimum absolute atomic E-state index is 0.0102. The summed E-state index contributed by atoms with van der Waals surface area (Å²) in [6.07, 6.45) is 2.84. The number of methoxy groups -OCH3 is 1. The molecular weight excluding hydrogens is 471 g/mol. The Morgan fingerprint density at radius 3 is 2.88 bits per heavy atom. The van der Waals surface area contributed by atoms with E-state index in [4.69, 9.17) is 19.6 Å². The Labute approximate surface area is 194 Å². The lowest BCUT2D eigenvalue weighted by Crippen LogP contribution is -2.18. The van der Waals surface area contributed by atoms with Gasteiger partial charge >= 0.3 is 5.63 Å². The fourth-order valence-electron chi connectivity index (χ4n) is 2.64. The summed E-state index contributed by atoms with van der Waals surface area (Å²) in [5, 5.41) is 17.3. The van der Waals surface area contributed by atoms with Crippen LogP contribution in [0, 0.1) is 5.82 Å². The first-order valence-electron chi connectivity index (χ1n) is 9.58. The molecule has 4 aromatic rings. The second kappa shape index (κ2) is 10.1. The number of carbonyl (C=O) groups is 1. The van der Waals surface area contributed by atoms with Crippen molar-refractivity contribution in [3.8, 4) is 10.9 Å². The Balaban J connectivity index is 1.61. The van der Waals surface area contributed by atoms with Gasteiger partial charge in [0.1, 0.15) is 12.4 Å². The first-order valence-corrected chi connectivity index (χ1v) is 10.4. The molecular formula is C19H17FN8O5S. The summed E-state index contributed by atoms with van der Waals surface area (Å²) in [5.41, 5.74) is 4.78. The first kappa shape index (κ1) is 22.8. The highest BCUT2D eigenvalue weighted by molar-refractivity contribution is 7.17. The number of rotatable bonds is 9. The van der Waals surface area contributed by atoms with Crippen molar-refractivity contribution in [2.75, 3.05) is 36.7 Å². The molecule has 0 saturated heterocycles. The quantitative estimate of drug-likeness (QED) is 0.293. The zero-order valence-electron chi connectivity index (χ0n) is 17.5. The zero-order valence-corrected chi connectivity index (χ0v) is 18.3. The van der Waals surface area contributed by atoms with Crippen molar-refractivity contribution in [2.45, 2.75) is 0 Å². The van der Waals surface area contributed by atoms with E-state index in [0.29, 0.717) is 10.9 Å². The van der Waals surface area contributed by atoms with Gasteiger partial charge < -0.3 is 24.9 Å². The van der Waals surface area contributed by atoms with E-state index in [1.54, 1.807) is 6.07 Å². The third-order valence-electron chi connectivity index (χ3n) is 4.17. The lowest BCUT2D eigenvalue weighted by molar-refractivity contribution is 0.0990. The van der Waals surface area contributed by atoms with E-state index < -0.39 is 23.1 Å². The van der Waals surface area contributed by atoms with Crippen molar-refractivity contribution >= 4 is 39.7 Å². The summed E-state index contributed by atoms with van der Waals surface area (Å²) in [6, 6.07) is 5.34. The molecule has 0 aliphatic rings. The van der Waals surface area contributed by atoms with E-state index in [2.05, 4.69) is 30.9 Å². The SMILES string of the molecule is COCCOc1c(Nc2ncccc2F)cc(C(=O)Nc2nnc(-n3nccc3N)s2)oc1=O. The largest absolute Gasteiger partial charge is 0.483 e. The Hall–Kier alpha value is -4.37. The average molecular weight is 488 g/mol. The lowest BCUT2D eigenvalue weighted by atomic mass is 10.3. The number of nitrogens with two attached hydrogens (primary N) is 1. The molecule has 15 heteroatoms. The summed E-state index contributed by atoms with van der Waals surface area (Å²) in [4.78, 5) is 29.2. The maximum atomic E-state index is 14.1. The molecule has 34 heavy (non-hydrogen) atoms. The number of anilines is 4. The van der Waals surface area contributed by atoms with Crippen LogP contribution in [-0.2, 0) is 4.74 Å². The number of nitrogen functional groups attached to an aromatic ring is 1. The van der Waals surface area contributed by atoms with Crippen molar-refractivity contribution in [1.29, 1.82) is 0 Å². The minimum atomic E-state index is -0.968. The van der Waals surface area contributed by atoms with Crippen LogP contribution >= 0.6 is 11.3 Å². The molecule has 176 valence electrons. The van der Waals surface area contributed by atoms with Gasteiger partial charge in [0.25, 0.3) is 5.91 Å². The smallest absolute Gasteiger partial charge is 0.381 e. The maximum absolute atomic E-state index is 14.1. The van der Waals surface area contributed by atoms with Crippen LogP contribution in [0.25, 0.3) is 5.13 Å². The predicted octanol–water partition coefficient (Wildman–Crippen LogP) is 1.81. The fourth-order valence-corrected chi connectivity index (χ4v) is 3.36. The molecule has 0 fully saturated rings. The molecule has 13 nitrogen and oxygen atoms in total. The summed E-state index contributed by atoms with van der Waals surface area (Å²) in [6.45, 7) is 0.190. The van der Waals surface area contributed by atoms with Gasteiger partial charge in [-0.15, -0.1) is 10.2 Å². The molecule has 4 N–H and O–H groups in total. The second-order valence-electron chi connectivity index (χ2n) is 6.45. The van der Waals surface area contributed by atoms with Crippen LogP contribution in [0.15, 0.2) is 45.9 Å². The molecule has 0 unspecified atom stereocenters. The lowest BCUT2D eigenvalue weighted by Gasteiger charge is -2.13. The van der Waals surface area contributed by atoms with Crippen molar-refractivity contribution in [3.63, 3.8) is 0 Å². The van der Waals surface area contributed by atoms with Gasteiger partial charge in [0, 0.05) is 25.4 Å². The van der Waals surface area contributed by atoms with Crippen LogP contribution in [0.1, 0.15) is 10.6 Å². The van der Waals surface area contributed by atoms with Crippen molar-refractivity contribution in [2.24, 2.45) is 0 Å². The molecule has 4 rings (SSSR count). The standard InChI is InChI=1S/C19H17FN8O5S/c1-31-7-8-32-14-11(24-15-10(20)3-2-5-22-15)9-12(33-17(14)30)16(29)25-18-26-27-19(34-18)28-13(21)4-6-23-28/h2-6,9H,7-8,21H2,1H3,(H,22,24)(H,25,26,29). The molecule has 0 aliphatic carbocycles. The third kappa shape index (κ3) is 5.00. The topological polar surface area (TPSA) is 172 Å². The van der Waals surface area contributed by atoms with Crippen molar-refractivity contribution in [1.82, 2.24) is 25.0 Å². The number of nitrogens with zero attached hydrogens (tertiary/aromatic N) is 5. The van der Waals surface area contributed by atoms with E-state index >= 15 is 0 Å². The van der Waals surface area contributed by atoms with E-state index in [9.17, 15) is 14.0 Å². The zero-order chi connectivity index (χ0) is 24.1. The Kier molecular flexibility index (Phi) is 6.74. The van der Waals surface area contributed by atoms with Gasteiger partial charge in [-0.05, 0) is 12.1 Å². The molecule has 1 amide bonds. The number of nitrogens with one attached hydrogen (secondary N) is 2. The van der Waals surface area contributed by atoms with E-state index in [-0.39, 0.29) is 35.6 Å². The number of pyridine rings is 1. The van der Waals surface area contributed by atoms with Crippen molar-refractivity contribution < 1.29 is 23.1 Å². The number of halogens is 1. The maximum Gasteiger partial charge on any atom is 0.381 e. The number of amides is 1. The van der Waals surface area contributed by atoms with Crippen LogP contribution in [-0.4, -0.2) is 51.2 Å². The number of carbonyl (C=O) groups excluding carboxylic acids is 1. The van der Waals surface area contributed by atoms with Crippen LogP contribution in [0.4, 0.5) is 26.8 Å². The monoisotopic (exact) mass is 488 g/mol. The van der Waals surface area contributed by atoms with Crippen molar-refractivity contribution in [3.05, 3.63) is 58.7 Å². The van der Waals surface area contributed by atoms with Gasteiger partial charge in [0.2, 0.25) is 16.0 Å². The molecule has 0 aliphatic heterocycles. The predicted molar refractivity (Wildman–Crippen MR) is 119 cm³/mol. The van der Waals surface area contributed by atoms with Crippen LogP contribution in [0.2, 0.25) is 0 Å². The fraction of sp³-hybridized carbons (Fsp3) is 0.158. The molecule has 4 aromatic heterocycles. The van der Waals surface area contributed by atoms with Gasteiger partial charge in [0.15, 0.2) is 17.4 Å². The van der Waals surface area contributed by atoms with Gasteiger partial charge in [-0.3, -0.25) is 10.1 Å². The summed E-state index contributed by atoms with van der Waals surface area (Å²) < 4.78 is 30.9. The average Bonchev–Trinajstić information content (AvgIpc) is 3.45. The molecule has 0 atom stereocenters. The van der Waals surface area contributed by atoms with Crippen LogP contribution in [0.3, 0.4) is 0 Å². The normalized spacial score (nSPS) is 10.8. The van der Waals surface area contributed by atoms with Gasteiger partial charge in [0.05, 0.1) is 18.5 Å². The highest BCUT2D eigenvalue weighted by Crippen LogP contribution is 2.27. The summed E-state index contributed by atoms with van der Waals surface area (Å²) >= 11 is 0.990.